The van der Waals surface area contributed by atoms with Gasteiger partial charge in [-0.3, -0.25) is 9.59 Å². The van der Waals surface area contributed by atoms with Crippen molar-refractivity contribution in [3.63, 3.8) is 0 Å². The molecule has 0 saturated carbocycles. The van der Waals surface area contributed by atoms with Crippen molar-refractivity contribution < 1.29 is 9.53 Å². The SMILES string of the molecule is COc1ncccc1NC(=O)c1ccc(=O)[nH]c1. The molecular formula is C12H11N3O3. The molecule has 2 heterocycles. The highest BCUT2D eigenvalue weighted by Crippen LogP contribution is 2.20. The molecule has 0 bridgehead atoms. The fourth-order valence-electron chi connectivity index (χ4n) is 1.39. The highest BCUT2D eigenvalue weighted by atomic mass is 16.5. The van der Waals surface area contributed by atoms with Gasteiger partial charge in [-0.2, -0.15) is 0 Å². The number of rotatable bonds is 3. The van der Waals surface area contributed by atoms with E-state index in [1.165, 1.54) is 25.4 Å². The van der Waals surface area contributed by atoms with E-state index in [2.05, 4.69) is 15.3 Å². The van der Waals surface area contributed by atoms with Crippen molar-refractivity contribution in [2.75, 3.05) is 12.4 Å². The van der Waals surface area contributed by atoms with Crippen LogP contribution >= 0.6 is 0 Å². The molecule has 92 valence electrons. The van der Waals surface area contributed by atoms with Crippen LogP contribution in [0.1, 0.15) is 10.4 Å². The minimum absolute atomic E-state index is 0.259. The summed E-state index contributed by atoms with van der Waals surface area (Å²) in [5.41, 5.74) is 0.558. The van der Waals surface area contributed by atoms with Gasteiger partial charge in [0.15, 0.2) is 0 Å². The molecule has 0 aromatic carbocycles. The third-order valence-electron chi connectivity index (χ3n) is 2.26. The quantitative estimate of drug-likeness (QED) is 0.845. The number of ether oxygens (including phenoxy) is 1. The average molecular weight is 245 g/mol. The Labute approximate surface area is 103 Å². The first-order valence-electron chi connectivity index (χ1n) is 5.20. The number of pyridine rings is 2. The predicted octanol–water partition coefficient (Wildman–Crippen LogP) is 1.03. The Balaban J connectivity index is 2.21. The Kier molecular flexibility index (Phi) is 3.38. The maximum Gasteiger partial charge on any atom is 0.257 e. The Morgan fingerprint density at radius 3 is 2.89 bits per heavy atom. The fraction of sp³-hybridized carbons (Fsp3) is 0.0833. The summed E-state index contributed by atoms with van der Waals surface area (Å²) in [7, 11) is 1.47. The van der Waals surface area contributed by atoms with Crippen molar-refractivity contribution in [2.24, 2.45) is 0 Å². The summed E-state index contributed by atoms with van der Waals surface area (Å²) >= 11 is 0. The van der Waals surface area contributed by atoms with Crippen LogP contribution in [0.2, 0.25) is 0 Å². The van der Waals surface area contributed by atoms with Crippen molar-refractivity contribution in [1.29, 1.82) is 0 Å². The first kappa shape index (κ1) is 11.8. The normalized spacial score (nSPS) is 9.83. The molecule has 0 fully saturated rings. The first-order valence-corrected chi connectivity index (χ1v) is 5.20. The van der Waals surface area contributed by atoms with E-state index in [4.69, 9.17) is 4.74 Å². The number of hydrogen-bond acceptors (Lipinski definition) is 4. The topological polar surface area (TPSA) is 84.1 Å². The van der Waals surface area contributed by atoms with Crippen LogP contribution < -0.4 is 15.6 Å². The number of anilines is 1. The van der Waals surface area contributed by atoms with Crippen LogP contribution in [0.3, 0.4) is 0 Å². The Morgan fingerprint density at radius 2 is 2.22 bits per heavy atom. The van der Waals surface area contributed by atoms with E-state index in [0.717, 1.165) is 0 Å². The van der Waals surface area contributed by atoms with Gasteiger partial charge in [0.2, 0.25) is 11.4 Å². The molecule has 2 aromatic rings. The van der Waals surface area contributed by atoms with E-state index < -0.39 is 0 Å². The number of aromatic nitrogens is 2. The lowest BCUT2D eigenvalue weighted by molar-refractivity contribution is 0.102. The van der Waals surface area contributed by atoms with Crippen LogP contribution in [-0.2, 0) is 0 Å². The summed E-state index contributed by atoms with van der Waals surface area (Å²) < 4.78 is 5.02. The van der Waals surface area contributed by atoms with Crippen LogP contribution in [0.4, 0.5) is 5.69 Å². The van der Waals surface area contributed by atoms with Gasteiger partial charge in [0.25, 0.3) is 5.91 Å². The number of carbonyl (C=O) groups excluding carboxylic acids is 1. The maximum absolute atomic E-state index is 11.9. The van der Waals surface area contributed by atoms with Crippen molar-refractivity contribution >= 4 is 11.6 Å². The van der Waals surface area contributed by atoms with E-state index in [1.807, 2.05) is 0 Å². The minimum Gasteiger partial charge on any atom is -0.480 e. The van der Waals surface area contributed by atoms with Crippen molar-refractivity contribution in [3.8, 4) is 5.88 Å². The highest BCUT2D eigenvalue weighted by Gasteiger charge is 2.09. The Bertz CT molecular complexity index is 601. The molecule has 0 aliphatic rings. The van der Waals surface area contributed by atoms with Gasteiger partial charge in [0, 0.05) is 18.5 Å². The molecular weight excluding hydrogens is 234 g/mol. The van der Waals surface area contributed by atoms with E-state index in [9.17, 15) is 9.59 Å². The second-order valence-corrected chi connectivity index (χ2v) is 3.46. The van der Waals surface area contributed by atoms with Gasteiger partial charge in [-0.25, -0.2) is 4.98 Å². The van der Waals surface area contributed by atoms with Crippen molar-refractivity contribution in [2.45, 2.75) is 0 Å². The zero-order valence-electron chi connectivity index (χ0n) is 9.64. The molecule has 2 aromatic heterocycles. The standard InChI is InChI=1S/C12H11N3O3/c1-18-12-9(3-2-6-13-12)15-11(17)8-4-5-10(16)14-7-8/h2-7H,1H3,(H,14,16)(H,15,17). The number of aromatic amines is 1. The van der Waals surface area contributed by atoms with E-state index in [-0.39, 0.29) is 11.5 Å². The average Bonchev–Trinajstić information content (AvgIpc) is 2.40. The monoisotopic (exact) mass is 245 g/mol. The van der Waals surface area contributed by atoms with Crippen LogP contribution in [0, 0.1) is 0 Å². The molecule has 0 aliphatic heterocycles. The van der Waals surface area contributed by atoms with Gasteiger partial charge in [-0.15, -0.1) is 0 Å². The van der Waals surface area contributed by atoms with E-state index in [0.29, 0.717) is 17.1 Å². The highest BCUT2D eigenvalue weighted by molar-refractivity contribution is 6.04. The number of nitrogens with one attached hydrogen (secondary N) is 2. The summed E-state index contributed by atoms with van der Waals surface area (Å²) in [4.78, 5) is 29.2. The van der Waals surface area contributed by atoms with Gasteiger partial charge < -0.3 is 15.0 Å². The van der Waals surface area contributed by atoms with E-state index in [1.54, 1.807) is 18.3 Å². The number of carbonyl (C=O) groups is 1. The lowest BCUT2D eigenvalue weighted by Crippen LogP contribution is -2.15. The molecule has 6 heteroatoms. The molecule has 0 saturated heterocycles. The van der Waals surface area contributed by atoms with E-state index >= 15 is 0 Å². The van der Waals surface area contributed by atoms with Gasteiger partial charge in [-0.05, 0) is 18.2 Å². The molecule has 2 N–H and O–H groups in total. The van der Waals surface area contributed by atoms with Gasteiger partial charge in [0.05, 0.1) is 12.7 Å². The fourth-order valence-corrected chi connectivity index (χ4v) is 1.39. The summed E-state index contributed by atoms with van der Waals surface area (Å²) in [6, 6.07) is 6.09. The Morgan fingerprint density at radius 1 is 1.39 bits per heavy atom. The minimum atomic E-state index is -0.349. The third kappa shape index (κ3) is 2.54. The lowest BCUT2D eigenvalue weighted by Gasteiger charge is -2.08. The first-order chi connectivity index (χ1) is 8.70. The number of methoxy groups -OCH3 is 1. The maximum atomic E-state index is 11.9. The molecule has 0 spiro atoms. The lowest BCUT2D eigenvalue weighted by atomic mass is 10.2. The third-order valence-corrected chi connectivity index (χ3v) is 2.26. The molecule has 2 rings (SSSR count). The molecule has 0 atom stereocenters. The summed E-state index contributed by atoms with van der Waals surface area (Å²) in [6.45, 7) is 0. The summed E-state index contributed by atoms with van der Waals surface area (Å²) in [6.07, 6.45) is 2.91. The zero-order chi connectivity index (χ0) is 13.0. The van der Waals surface area contributed by atoms with Crippen molar-refractivity contribution in [3.05, 3.63) is 52.6 Å². The largest absolute Gasteiger partial charge is 0.480 e. The smallest absolute Gasteiger partial charge is 0.257 e. The molecule has 0 unspecified atom stereocenters. The predicted molar refractivity (Wildman–Crippen MR) is 65.8 cm³/mol. The van der Waals surface area contributed by atoms with Crippen LogP contribution in [-0.4, -0.2) is 23.0 Å². The molecule has 18 heavy (non-hydrogen) atoms. The molecule has 6 nitrogen and oxygen atoms in total. The number of H-pyrrole nitrogens is 1. The van der Waals surface area contributed by atoms with Crippen LogP contribution in [0.25, 0.3) is 0 Å². The van der Waals surface area contributed by atoms with Gasteiger partial charge >= 0.3 is 0 Å². The number of hydrogen-bond donors (Lipinski definition) is 2. The summed E-state index contributed by atoms with van der Waals surface area (Å²) in [5, 5.41) is 2.65. The van der Waals surface area contributed by atoms with Crippen LogP contribution in [0.5, 0.6) is 5.88 Å². The molecule has 1 amide bonds. The van der Waals surface area contributed by atoms with Crippen molar-refractivity contribution in [1.82, 2.24) is 9.97 Å². The van der Waals surface area contributed by atoms with Crippen LogP contribution in [0.15, 0.2) is 41.5 Å². The van der Waals surface area contributed by atoms with Gasteiger partial charge in [0.1, 0.15) is 5.69 Å². The summed E-state index contributed by atoms with van der Waals surface area (Å²) in [5.74, 6) is -0.0205. The number of nitrogens with zero attached hydrogens (tertiary/aromatic N) is 1. The van der Waals surface area contributed by atoms with Gasteiger partial charge in [-0.1, -0.05) is 0 Å². The molecule has 0 radical (unpaired) electrons. The Hall–Kier alpha value is -2.63. The number of amides is 1. The second-order valence-electron chi connectivity index (χ2n) is 3.46. The molecule has 0 aliphatic carbocycles. The second kappa shape index (κ2) is 5.13. The zero-order valence-corrected chi connectivity index (χ0v) is 9.64.